The number of ether oxygens (including phenoxy) is 2. The van der Waals surface area contributed by atoms with E-state index < -0.39 is 6.10 Å². The highest BCUT2D eigenvalue weighted by atomic mass is 32.1. The minimum Gasteiger partial charge on any atom is -0.453 e. The Kier molecular flexibility index (Phi) is 4.77. The highest BCUT2D eigenvalue weighted by Gasteiger charge is 2.35. The fourth-order valence-electron chi connectivity index (χ4n) is 3.89. The summed E-state index contributed by atoms with van der Waals surface area (Å²) in [6.07, 6.45) is 1.46. The molecule has 0 radical (unpaired) electrons. The number of esters is 1. The van der Waals surface area contributed by atoms with E-state index in [0.717, 1.165) is 35.2 Å². The van der Waals surface area contributed by atoms with Crippen LogP contribution in [0.4, 0.5) is 5.13 Å². The van der Waals surface area contributed by atoms with Crippen molar-refractivity contribution in [2.75, 3.05) is 18.1 Å². The zero-order chi connectivity index (χ0) is 19.8. The number of amides is 1. The maximum absolute atomic E-state index is 13.3. The van der Waals surface area contributed by atoms with E-state index in [1.165, 1.54) is 11.3 Å². The van der Waals surface area contributed by atoms with Crippen molar-refractivity contribution in [1.82, 2.24) is 4.98 Å². The summed E-state index contributed by atoms with van der Waals surface area (Å²) in [5, 5.41) is 0.657. The first-order chi connectivity index (χ1) is 14.2. The van der Waals surface area contributed by atoms with Crippen LogP contribution in [0.2, 0.25) is 0 Å². The van der Waals surface area contributed by atoms with Gasteiger partial charge in [-0.15, -0.1) is 0 Å². The van der Waals surface area contributed by atoms with Crippen molar-refractivity contribution in [2.24, 2.45) is 0 Å². The van der Waals surface area contributed by atoms with Crippen molar-refractivity contribution < 1.29 is 19.1 Å². The monoisotopic (exact) mass is 408 g/mol. The van der Waals surface area contributed by atoms with E-state index in [4.69, 9.17) is 9.47 Å². The fourth-order valence-corrected chi connectivity index (χ4v) is 4.89. The van der Waals surface area contributed by atoms with Crippen molar-refractivity contribution in [2.45, 2.75) is 31.5 Å². The predicted molar refractivity (Wildman–Crippen MR) is 110 cm³/mol. The summed E-state index contributed by atoms with van der Waals surface area (Å²) in [6, 6.07) is 15.1. The first kappa shape index (κ1) is 18.3. The number of carbonyl (C=O) groups excluding carboxylic acids is 2. The highest BCUT2D eigenvalue weighted by Crippen LogP contribution is 2.35. The number of nitrogens with zero attached hydrogens (tertiary/aromatic N) is 2. The van der Waals surface area contributed by atoms with Gasteiger partial charge in [-0.25, -0.2) is 9.78 Å². The molecule has 0 bridgehead atoms. The molecule has 1 fully saturated rings. The number of cyclic esters (lactones) is 1. The second-order valence-corrected chi connectivity index (χ2v) is 8.30. The van der Waals surface area contributed by atoms with Crippen LogP contribution in [0.3, 0.4) is 0 Å². The lowest BCUT2D eigenvalue weighted by Crippen LogP contribution is -2.38. The Morgan fingerprint density at radius 2 is 2.00 bits per heavy atom. The number of anilines is 1. The van der Waals surface area contributed by atoms with E-state index in [9.17, 15) is 9.59 Å². The molecular weight excluding hydrogens is 388 g/mol. The minimum atomic E-state index is -0.562. The van der Waals surface area contributed by atoms with E-state index >= 15 is 0 Å². The lowest BCUT2D eigenvalue weighted by molar-refractivity contribution is -0.120. The van der Waals surface area contributed by atoms with Crippen LogP contribution < -0.4 is 4.90 Å². The third-order valence-electron chi connectivity index (χ3n) is 5.36. The van der Waals surface area contributed by atoms with Crippen molar-refractivity contribution in [3.8, 4) is 0 Å². The Bertz CT molecular complexity index is 1040. The van der Waals surface area contributed by atoms with Crippen LogP contribution in [-0.4, -0.2) is 36.1 Å². The Morgan fingerprint density at radius 1 is 1.17 bits per heavy atom. The van der Waals surface area contributed by atoms with Gasteiger partial charge >= 0.3 is 5.97 Å². The number of carbonyl (C=O) groups is 2. The van der Waals surface area contributed by atoms with Gasteiger partial charge in [-0.2, -0.15) is 0 Å². The van der Waals surface area contributed by atoms with Gasteiger partial charge in [0.15, 0.2) is 5.13 Å². The van der Waals surface area contributed by atoms with E-state index in [-0.39, 0.29) is 24.4 Å². The molecule has 1 aromatic heterocycles. The summed E-state index contributed by atoms with van der Waals surface area (Å²) < 4.78 is 12.3. The number of benzene rings is 2. The van der Waals surface area contributed by atoms with Gasteiger partial charge in [0.05, 0.1) is 34.8 Å². The second kappa shape index (κ2) is 7.57. The molecule has 148 valence electrons. The van der Waals surface area contributed by atoms with E-state index in [2.05, 4.69) is 4.98 Å². The molecule has 29 heavy (non-hydrogen) atoms. The zero-order valence-corrected chi connectivity index (χ0v) is 16.6. The second-order valence-electron chi connectivity index (χ2n) is 7.29. The molecule has 0 saturated carbocycles. The number of fused-ring (bicyclic) bond motifs is 2. The number of hydrogen-bond donors (Lipinski definition) is 0. The number of hydrogen-bond acceptors (Lipinski definition) is 6. The molecule has 5 rings (SSSR count). The molecule has 1 saturated heterocycles. The van der Waals surface area contributed by atoms with Crippen LogP contribution in [0.1, 0.15) is 41.3 Å². The van der Waals surface area contributed by atoms with Gasteiger partial charge in [0, 0.05) is 12.2 Å². The molecule has 2 aliphatic heterocycles. The summed E-state index contributed by atoms with van der Waals surface area (Å²) in [5.41, 5.74) is 2.18. The third kappa shape index (κ3) is 3.52. The van der Waals surface area contributed by atoms with E-state index in [1.54, 1.807) is 17.0 Å². The topological polar surface area (TPSA) is 68.7 Å². The largest absolute Gasteiger partial charge is 0.453 e. The van der Waals surface area contributed by atoms with Gasteiger partial charge in [-0.05, 0) is 31.0 Å². The minimum absolute atomic E-state index is 0.00405. The summed E-state index contributed by atoms with van der Waals surface area (Å²) in [5.74, 6) is -0.488. The van der Waals surface area contributed by atoms with Gasteiger partial charge in [-0.3, -0.25) is 9.69 Å². The van der Waals surface area contributed by atoms with Crippen LogP contribution in [-0.2, 0) is 14.3 Å². The lowest BCUT2D eigenvalue weighted by Gasteiger charge is -2.24. The summed E-state index contributed by atoms with van der Waals surface area (Å²) in [7, 11) is 0. The van der Waals surface area contributed by atoms with E-state index in [1.807, 2.05) is 36.4 Å². The van der Waals surface area contributed by atoms with Gasteiger partial charge in [0.25, 0.3) is 0 Å². The predicted octanol–water partition coefficient (Wildman–Crippen LogP) is 4.11. The normalized spacial score (nSPS) is 20.6. The van der Waals surface area contributed by atoms with Crippen molar-refractivity contribution in [3.05, 3.63) is 59.7 Å². The molecule has 3 heterocycles. The molecule has 0 spiro atoms. The molecule has 2 atom stereocenters. The van der Waals surface area contributed by atoms with Crippen LogP contribution in [0, 0.1) is 0 Å². The summed E-state index contributed by atoms with van der Waals surface area (Å²) in [6.45, 7) is 1.18. The molecule has 2 aliphatic rings. The average Bonchev–Trinajstić information content (AvgIpc) is 3.46. The summed E-state index contributed by atoms with van der Waals surface area (Å²) in [4.78, 5) is 31.8. The first-order valence-electron chi connectivity index (χ1n) is 9.76. The van der Waals surface area contributed by atoms with Crippen molar-refractivity contribution >= 4 is 38.6 Å². The van der Waals surface area contributed by atoms with Gasteiger partial charge in [0.1, 0.15) is 6.10 Å². The van der Waals surface area contributed by atoms with Crippen LogP contribution in [0.5, 0.6) is 0 Å². The molecule has 0 aliphatic carbocycles. The Hall–Kier alpha value is -2.77. The van der Waals surface area contributed by atoms with Crippen molar-refractivity contribution in [3.63, 3.8) is 0 Å². The van der Waals surface area contributed by atoms with Gasteiger partial charge in [-0.1, -0.05) is 41.7 Å². The van der Waals surface area contributed by atoms with Crippen LogP contribution >= 0.6 is 11.3 Å². The quantitative estimate of drug-likeness (QED) is 0.594. The van der Waals surface area contributed by atoms with Crippen LogP contribution in [0.15, 0.2) is 48.5 Å². The molecule has 6 nitrogen and oxygen atoms in total. The first-order valence-corrected chi connectivity index (χ1v) is 10.6. The molecule has 0 N–H and O–H groups in total. The number of thiazole rings is 1. The SMILES string of the molecule is O=C1OC(CC(=O)N(CC2CCCO2)c2nc3ccccc3s2)c2ccccc21. The highest BCUT2D eigenvalue weighted by molar-refractivity contribution is 7.22. The summed E-state index contributed by atoms with van der Waals surface area (Å²) >= 11 is 1.49. The molecule has 2 unspecified atom stereocenters. The molecular formula is C22H20N2O4S. The Balaban J connectivity index is 1.42. The van der Waals surface area contributed by atoms with Gasteiger partial charge < -0.3 is 9.47 Å². The maximum Gasteiger partial charge on any atom is 0.339 e. The molecule has 7 heteroatoms. The molecule has 2 aromatic carbocycles. The average molecular weight is 408 g/mol. The maximum atomic E-state index is 13.3. The lowest BCUT2D eigenvalue weighted by atomic mass is 10.0. The third-order valence-corrected chi connectivity index (χ3v) is 6.42. The molecule has 3 aromatic rings. The van der Waals surface area contributed by atoms with Crippen molar-refractivity contribution in [1.29, 1.82) is 0 Å². The Labute approximate surface area is 172 Å². The number of rotatable bonds is 5. The van der Waals surface area contributed by atoms with E-state index in [0.29, 0.717) is 17.2 Å². The van der Waals surface area contributed by atoms with Crippen LogP contribution in [0.25, 0.3) is 10.2 Å². The standard InChI is InChI=1S/C22H20N2O4S/c25-20(12-18-15-7-1-2-8-16(15)21(26)28-18)24(13-14-6-5-11-27-14)22-23-17-9-3-4-10-19(17)29-22/h1-4,7-10,14,18H,5-6,11-13H2. The Morgan fingerprint density at radius 3 is 2.83 bits per heavy atom. The zero-order valence-electron chi connectivity index (χ0n) is 15.7. The fraction of sp³-hybridized carbons (Fsp3) is 0.318. The van der Waals surface area contributed by atoms with Gasteiger partial charge in [0.2, 0.25) is 5.91 Å². The number of para-hydroxylation sites is 1. The molecule has 1 amide bonds. The number of aromatic nitrogens is 1. The smallest absolute Gasteiger partial charge is 0.339 e.